The van der Waals surface area contributed by atoms with Crippen molar-refractivity contribution in [2.45, 2.75) is 164 Å². The third-order valence-electron chi connectivity index (χ3n) is 15.6. The highest BCUT2D eigenvalue weighted by atomic mass is 32.1. The minimum absolute atomic E-state index is 0.0115. The first kappa shape index (κ1) is 43.0. The smallest absolute Gasteiger partial charge is 0.264 e. The summed E-state index contributed by atoms with van der Waals surface area (Å²) in [5.41, 5.74) is 20.5. The van der Waals surface area contributed by atoms with E-state index in [0.29, 0.717) is 0 Å². The van der Waals surface area contributed by atoms with Crippen molar-refractivity contribution in [3.8, 4) is 0 Å². The maximum atomic E-state index is 5.09. The van der Waals surface area contributed by atoms with Crippen molar-refractivity contribution in [2.75, 3.05) is 9.80 Å². The van der Waals surface area contributed by atoms with Gasteiger partial charge in [-0.05, 0) is 164 Å². The second-order valence-electron chi connectivity index (χ2n) is 24.1. The fraction of sp³-hybridized carbons (Fsp3) is 0.448. The number of rotatable bonds is 4. The van der Waals surface area contributed by atoms with Gasteiger partial charge in [0, 0.05) is 43.3 Å². The van der Waals surface area contributed by atoms with Gasteiger partial charge in [0.15, 0.2) is 0 Å². The highest BCUT2D eigenvalue weighted by Gasteiger charge is 2.49. The molecule has 0 unspecified atom stereocenters. The molecule has 9 rings (SSSR count). The molecule has 0 saturated carbocycles. The Labute approximate surface area is 379 Å². The molecule has 2 nitrogen and oxygen atoms in total. The maximum Gasteiger partial charge on any atom is 0.264 e. The van der Waals surface area contributed by atoms with E-state index in [1.807, 2.05) is 11.3 Å². The minimum atomic E-state index is -0.139. The van der Waals surface area contributed by atoms with E-state index in [0.717, 1.165) is 5.70 Å². The molecular formula is C58H71BN2S. The van der Waals surface area contributed by atoms with E-state index in [1.54, 1.807) is 0 Å². The first-order valence-electron chi connectivity index (χ1n) is 23.5. The zero-order valence-corrected chi connectivity index (χ0v) is 41.7. The van der Waals surface area contributed by atoms with Crippen molar-refractivity contribution in [3.05, 3.63) is 130 Å². The Bertz CT molecular complexity index is 2770. The lowest BCUT2D eigenvalue weighted by Crippen LogP contribution is -2.61. The summed E-state index contributed by atoms with van der Waals surface area (Å²) in [6, 6.07) is 25.1. The second kappa shape index (κ2) is 13.9. The number of allylic oxidation sites excluding steroid dienone is 4. The van der Waals surface area contributed by atoms with Crippen LogP contribution in [-0.4, -0.2) is 6.71 Å². The number of fused-ring (bicyclic) bond motifs is 8. The first-order valence-corrected chi connectivity index (χ1v) is 24.3. The molecule has 4 heteroatoms. The van der Waals surface area contributed by atoms with Crippen molar-refractivity contribution < 1.29 is 0 Å². The maximum absolute atomic E-state index is 5.09. The molecule has 4 aliphatic rings. The van der Waals surface area contributed by atoms with E-state index in [9.17, 15) is 0 Å². The van der Waals surface area contributed by atoms with Crippen LogP contribution in [0.2, 0.25) is 0 Å². The molecule has 0 N–H and O–H groups in total. The van der Waals surface area contributed by atoms with Crippen LogP contribution in [0.5, 0.6) is 0 Å². The van der Waals surface area contributed by atoms with Crippen molar-refractivity contribution >= 4 is 72.3 Å². The van der Waals surface area contributed by atoms with Crippen LogP contribution in [0, 0.1) is 12.3 Å². The lowest BCUT2D eigenvalue weighted by atomic mass is 9.35. The zero-order valence-electron chi connectivity index (χ0n) is 40.9. The Hall–Kier alpha value is -4.28. The van der Waals surface area contributed by atoms with Crippen molar-refractivity contribution in [2.24, 2.45) is 5.41 Å². The fourth-order valence-electron chi connectivity index (χ4n) is 11.5. The topological polar surface area (TPSA) is 6.48 Å². The van der Waals surface area contributed by atoms with Gasteiger partial charge in [-0.2, -0.15) is 0 Å². The Morgan fingerprint density at radius 1 is 0.694 bits per heavy atom. The molecule has 2 aliphatic carbocycles. The number of thiophene rings is 1. The largest absolute Gasteiger partial charge is 0.311 e. The van der Waals surface area contributed by atoms with Crippen LogP contribution < -0.4 is 25.5 Å². The van der Waals surface area contributed by atoms with E-state index < -0.39 is 0 Å². The number of hydrogen-bond donors (Lipinski definition) is 0. The summed E-state index contributed by atoms with van der Waals surface area (Å²) < 4.78 is 2.76. The minimum Gasteiger partial charge on any atom is -0.311 e. The number of benzene rings is 4. The molecule has 3 heterocycles. The second-order valence-corrected chi connectivity index (χ2v) is 25.2. The Kier molecular flexibility index (Phi) is 9.61. The average molecular weight is 839 g/mol. The molecule has 0 atom stereocenters. The predicted molar refractivity (Wildman–Crippen MR) is 275 cm³/mol. The Morgan fingerprint density at radius 3 is 1.87 bits per heavy atom. The van der Waals surface area contributed by atoms with Crippen LogP contribution in [0.25, 0.3) is 10.1 Å². The fourth-order valence-corrected chi connectivity index (χ4v) is 12.8. The quantitative estimate of drug-likeness (QED) is 0.129. The Balaban J connectivity index is 1.43. The van der Waals surface area contributed by atoms with Gasteiger partial charge in [-0.1, -0.05) is 140 Å². The highest BCUT2D eigenvalue weighted by Crippen LogP contribution is 2.54. The Morgan fingerprint density at radius 2 is 1.27 bits per heavy atom. The molecule has 0 amide bonds. The van der Waals surface area contributed by atoms with Crippen molar-refractivity contribution in [3.63, 3.8) is 0 Å². The van der Waals surface area contributed by atoms with Gasteiger partial charge in [0.05, 0.1) is 5.69 Å². The van der Waals surface area contributed by atoms with Crippen LogP contribution in [0.15, 0.2) is 96.7 Å². The molecule has 62 heavy (non-hydrogen) atoms. The molecule has 0 bridgehead atoms. The molecular weight excluding hydrogens is 768 g/mol. The SMILES string of the molecule is C=C(/C(=C\C=C/C)C(C)(C)C)N1c2cc(C)cc3c2B(c2cc4c(cc2N3c2ccc3c(c2)C(C)(C)CCC3(C)C)C(C)(C)CCC4(C)C)c2sc3ccc(C(C)(C)C)cc3c21. The zero-order chi connectivity index (χ0) is 44.9. The van der Waals surface area contributed by atoms with E-state index in [-0.39, 0.29) is 39.2 Å². The van der Waals surface area contributed by atoms with Gasteiger partial charge in [0.2, 0.25) is 0 Å². The van der Waals surface area contributed by atoms with E-state index in [1.165, 1.54) is 119 Å². The number of hydrogen-bond acceptors (Lipinski definition) is 3. The summed E-state index contributed by atoms with van der Waals surface area (Å²) in [6.07, 6.45) is 11.4. The van der Waals surface area contributed by atoms with Crippen LogP contribution in [-0.2, 0) is 27.1 Å². The van der Waals surface area contributed by atoms with Crippen molar-refractivity contribution in [1.82, 2.24) is 0 Å². The molecule has 2 aliphatic heterocycles. The van der Waals surface area contributed by atoms with Crippen LogP contribution in [0.1, 0.15) is 163 Å². The normalized spacial score (nSPS) is 19.5. The molecule has 322 valence electrons. The van der Waals surface area contributed by atoms with Gasteiger partial charge in [-0.3, -0.25) is 0 Å². The van der Waals surface area contributed by atoms with E-state index >= 15 is 0 Å². The molecule has 0 spiro atoms. The number of nitrogens with zero attached hydrogens (tertiary/aromatic N) is 2. The lowest BCUT2D eigenvalue weighted by molar-refractivity contribution is 0.332. The van der Waals surface area contributed by atoms with Gasteiger partial charge in [0.25, 0.3) is 6.71 Å². The third kappa shape index (κ3) is 6.54. The van der Waals surface area contributed by atoms with Crippen molar-refractivity contribution in [1.29, 1.82) is 0 Å². The summed E-state index contributed by atoms with van der Waals surface area (Å²) >= 11 is 2.00. The molecule has 0 fully saturated rings. The monoisotopic (exact) mass is 839 g/mol. The van der Waals surface area contributed by atoms with Gasteiger partial charge < -0.3 is 9.80 Å². The van der Waals surface area contributed by atoms with E-state index in [4.69, 9.17) is 6.58 Å². The van der Waals surface area contributed by atoms with Gasteiger partial charge in [-0.25, -0.2) is 0 Å². The molecule has 1 aromatic heterocycles. The average Bonchev–Trinajstić information content (AvgIpc) is 3.55. The predicted octanol–water partition coefficient (Wildman–Crippen LogP) is 15.0. The van der Waals surface area contributed by atoms with E-state index in [2.05, 4.69) is 199 Å². The lowest BCUT2D eigenvalue weighted by Gasteiger charge is -2.48. The summed E-state index contributed by atoms with van der Waals surface area (Å²) in [5, 5.41) is 1.33. The third-order valence-corrected chi connectivity index (χ3v) is 16.8. The van der Waals surface area contributed by atoms with Gasteiger partial charge in [0.1, 0.15) is 0 Å². The van der Waals surface area contributed by atoms with Crippen LogP contribution in [0.4, 0.5) is 28.4 Å². The summed E-state index contributed by atoms with van der Waals surface area (Å²) in [7, 11) is 0. The highest BCUT2D eigenvalue weighted by molar-refractivity contribution is 7.33. The molecule has 0 saturated heterocycles. The molecule has 4 aromatic carbocycles. The van der Waals surface area contributed by atoms with Crippen LogP contribution >= 0.6 is 11.3 Å². The summed E-state index contributed by atoms with van der Waals surface area (Å²) in [4.78, 5) is 5.28. The number of anilines is 5. The summed E-state index contributed by atoms with van der Waals surface area (Å²) in [5.74, 6) is 0. The van der Waals surface area contributed by atoms with Crippen LogP contribution in [0.3, 0.4) is 0 Å². The summed E-state index contributed by atoms with van der Waals surface area (Å²) in [6.45, 7) is 43.3. The molecule has 0 radical (unpaired) electrons. The standard InChI is InChI=1S/C58H71BN2S/c1-18-19-20-40(54(7,8)9)36(3)60-47-29-35(2)30-48-50(47)59(52-51(60)39-31-37(53(4,5)6)21-24-49(39)62-52)45-33-43-44(58(16,17)28-27-57(43,14)15)34-46(45)61(48)38-22-23-41-42(32-38)56(12,13)26-25-55(41,10)11/h18-24,29-34H,3,25-28H2,1-2,4-17H3/b19-18-,40-20+. The van der Waals surface area contributed by atoms with Gasteiger partial charge in [-0.15, -0.1) is 11.3 Å². The van der Waals surface area contributed by atoms with Gasteiger partial charge >= 0.3 is 0 Å². The molecule has 5 aromatic rings. The number of aryl methyl sites for hydroxylation is 1. The first-order chi connectivity index (χ1) is 28.8.